The third-order valence-electron chi connectivity index (χ3n) is 4.19. The van der Waals surface area contributed by atoms with Gasteiger partial charge in [-0.3, -0.25) is 9.59 Å². The molecule has 2 rings (SSSR count). The summed E-state index contributed by atoms with van der Waals surface area (Å²) in [4.78, 5) is 23.3. The molecule has 5 nitrogen and oxygen atoms in total. The number of hydrogen-bond donors (Lipinski definition) is 3. The van der Waals surface area contributed by atoms with Gasteiger partial charge in [0, 0.05) is 12.0 Å². The number of carbonyl (C=O) groups is 2. The van der Waals surface area contributed by atoms with Crippen LogP contribution in [0.4, 0.5) is 0 Å². The van der Waals surface area contributed by atoms with Gasteiger partial charge in [0.05, 0.1) is 0 Å². The summed E-state index contributed by atoms with van der Waals surface area (Å²) in [5.41, 5.74) is 13.2. The van der Waals surface area contributed by atoms with Crippen molar-refractivity contribution >= 4 is 24.2 Å². The van der Waals surface area contributed by atoms with E-state index < -0.39 is 6.04 Å². The highest BCUT2D eigenvalue weighted by atomic mass is 35.5. The van der Waals surface area contributed by atoms with E-state index in [2.05, 4.69) is 5.32 Å². The molecule has 0 aromatic heterocycles. The maximum Gasteiger partial charge on any atom is 0.241 e. The summed E-state index contributed by atoms with van der Waals surface area (Å²) in [5.74, 6) is -0.457. The van der Waals surface area contributed by atoms with E-state index in [0.717, 1.165) is 36.8 Å². The van der Waals surface area contributed by atoms with Gasteiger partial charge in [-0.1, -0.05) is 29.8 Å². The van der Waals surface area contributed by atoms with Crippen molar-refractivity contribution in [1.29, 1.82) is 0 Å². The second kappa shape index (κ2) is 8.15. The Kier molecular flexibility index (Phi) is 6.84. The van der Waals surface area contributed by atoms with E-state index in [1.807, 2.05) is 31.2 Å². The predicted octanol–water partition coefficient (Wildman–Crippen LogP) is 1.58. The van der Waals surface area contributed by atoms with Crippen molar-refractivity contribution in [2.24, 2.45) is 17.4 Å². The summed E-state index contributed by atoms with van der Waals surface area (Å²) < 4.78 is 0. The Bertz CT molecular complexity index is 511. The van der Waals surface area contributed by atoms with Gasteiger partial charge in [-0.15, -0.1) is 12.4 Å². The number of nitrogens with one attached hydrogen (secondary N) is 1. The summed E-state index contributed by atoms with van der Waals surface area (Å²) in [5, 5.41) is 2.98. The molecular weight excluding hydrogens is 302 g/mol. The Morgan fingerprint density at radius 2 is 1.68 bits per heavy atom. The van der Waals surface area contributed by atoms with E-state index in [4.69, 9.17) is 11.5 Å². The average molecular weight is 326 g/mol. The molecule has 2 amide bonds. The Labute approximate surface area is 137 Å². The average Bonchev–Trinajstić information content (AvgIpc) is 2.47. The number of amides is 2. The van der Waals surface area contributed by atoms with Crippen molar-refractivity contribution in [3.05, 3.63) is 35.4 Å². The minimum absolute atomic E-state index is 0. The van der Waals surface area contributed by atoms with Crippen LogP contribution in [0.5, 0.6) is 0 Å². The Hall–Kier alpha value is -1.59. The molecule has 0 bridgehead atoms. The minimum atomic E-state index is -0.653. The van der Waals surface area contributed by atoms with Crippen molar-refractivity contribution in [2.45, 2.75) is 44.7 Å². The zero-order valence-electron chi connectivity index (χ0n) is 12.7. The first-order valence-corrected chi connectivity index (χ1v) is 7.39. The summed E-state index contributed by atoms with van der Waals surface area (Å²) in [6, 6.07) is 7.08. The molecule has 0 radical (unpaired) electrons. The number of halogens is 1. The van der Waals surface area contributed by atoms with E-state index in [9.17, 15) is 9.59 Å². The quantitative estimate of drug-likeness (QED) is 0.783. The SMILES string of the molecule is Cc1ccc(C(N)C(=O)NC2CCC(C(N)=O)CC2)cc1.Cl. The number of benzene rings is 1. The van der Waals surface area contributed by atoms with E-state index >= 15 is 0 Å². The molecule has 0 aliphatic heterocycles. The molecule has 22 heavy (non-hydrogen) atoms. The van der Waals surface area contributed by atoms with Gasteiger partial charge in [-0.2, -0.15) is 0 Å². The first-order valence-electron chi connectivity index (χ1n) is 7.39. The van der Waals surface area contributed by atoms with Crippen LogP contribution in [0.1, 0.15) is 42.9 Å². The highest BCUT2D eigenvalue weighted by Gasteiger charge is 2.27. The van der Waals surface area contributed by atoms with Gasteiger partial charge >= 0.3 is 0 Å². The van der Waals surface area contributed by atoms with Crippen LogP contribution in [-0.4, -0.2) is 17.9 Å². The van der Waals surface area contributed by atoms with Gasteiger partial charge in [-0.05, 0) is 38.2 Å². The largest absolute Gasteiger partial charge is 0.369 e. The molecule has 1 aliphatic rings. The van der Waals surface area contributed by atoms with E-state index in [-0.39, 0.29) is 36.2 Å². The van der Waals surface area contributed by atoms with Crippen molar-refractivity contribution in [3.8, 4) is 0 Å². The summed E-state index contributed by atoms with van der Waals surface area (Å²) in [6.07, 6.45) is 3.03. The molecular formula is C16H24ClN3O2. The molecule has 1 aromatic rings. The Morgan fingerprint density at radius 3 is 2.18 bits per heavy atom. The zero-order valence-corrected chi connectivity index (χ0v) is 13.6. The number of hydrogen-bond acceptors (Lipinski definition) is 3. The van der Waals surface area contributed by atoms with Crippen LogP contribution >= 0.6 is 12.4 Å². The van der Waals surface area contributed by atoms with Gasteiger partial charge in [0.15, 0.2) is 0 Å². The van der Waals surface area contributed by atoms with Gasteiger partial charge in [0.2, 0.25) is 11.8 Å². The van der Waals surface area contributed by atoms with Crippen LogP contribution in [-0.2, 0) is 9.59 Å². The fourth-order valence-electron chi connectivity index (χ4n) is 2.74. The third kappa shape index (κ3) is 4.71. The Morgan fingerprint density at radius 1 is 1.14 bits per heavy atom. The topological polar surface area (TPSA) is 98.2 Å². The lowest BCUT2D eigenvalue weighted by atomic mass is 9.85. The molecule has 0 heterocycles. The van der Waals surface area contributed by atoms with Crippen molar-refractivity contribution in [1.82, 2.24) is 5.32 Å². The van der Waals surface area contributed by atoms with Crippen molar-refractivity contribution in [2.75, 3.05) is 0 Å². The molecule has 122 valence electrons. The summed E-state index contributed by atoms with van der Waals surface area (Å²) in [6.45, 7) is 1.99. The van der Waals surface area contributed by atoms with Crippen LogP contribution in [0.2, 0.25) is 0 Å². The first kappa shape index (κ1) is 18.5. The molecule has 1 saturated carbocycles. The molecule has 5 N–H and O–H groups in total. The first-order chi connectivity index (χ1) is 9.97. The third-order valence-corrected chi connectivity index (χ3v) is 4.19. The van der Waals surface area contributed by atoms with Crippen LogP contribution in [0.3, 0.4) is 0 Å². The maximum atomic E-state index is 12.2. The van der Waals surface area contributed by atoms with Crippen molar-refractivity contribution < 1.29 is 9.59 Å². The van der Waals surface area contributed by atoms with Crippen molar-refractivity contribution in [3.63, 3.8) is 0 Å². The molecule has 1 fully saturated rings. The van der Waals surface area contributed by atoms with Crippen LogP contribution in [0, 0.1) is 12.8 Å². The molecule has 1 unspecified atom stereocenters. The Balaban J connectivity index is 0.00000242. The number of rotatable bonds is 4. The standard InChI is InChI=1S/C16H23N3O2.ClH/c1-10-2-4-11(5-3-10)14(17)16(21)19-13-8-6-12(7-9-13)15(18)20;/h2-5,12-14H,6-9,17H2,1H3,(H2,18,20)(H,19,21);1H. The summed E-state index contributed by atoms with van der Waals surface area (Å²) >= 11 is 0. The second-order valence-electron chi connectivity index (χ2n) is 5.85. The van der Waals surface area contributed by atoms with E-state index in [0.29, 0.717) is 0 Å². The lowest BCUT2D eigenvalue weighted by molar-refractivity contribution is -0.124. The molecule has 6 heteroatoms. The lowest BCUT2D eigenvalue weighted by Crippen LogP contribution is -2.43. The van der Waals surface area contributed by atoms with Crippen LogP contribution in [0.15, 0.2) is 24.3 Å². The predicted molar refractivity (Wildman–Crippen MR) is 88.4 cm³/mol. The van der Waals surface area contributed by atoms with E-state index in [1.54, 1.807) is 0 Å². The minimum Gasteiger partial charge on any atom is -0.369 e. The fraction of sp³-hybridized carbons (Fsp3) is 0.500. The maximum absolute atomic E-state index is 12.2. The number of aryl methyl sites for hydroxylation is 1. The van der Waals surface area contributed by atoms with Gasteiger partial charge in [-0.25, -0.2) is 0 Å². The summed E-state index contributed by atoms with van der Waals surface area (Å²) in [7, 11) is 0. The molecule has 0 spiro atoms. The van der Waals surface area contributed by atoms with Gasteiger partial charge in [0.1, 0.15) is 6.04 Å². The smallest absolute Gasteiger partial charge is 0.241 e. The monoisotopic (exact) mass is 325 g/mol. The molecule has 1 atom stereocenters. The highest BCUT2D eigenvalue weighted by molar-refractivity contribution is 5.85. The molecule has 1 aliphatic carbocycles. The molecule has 1 aromatic carbocycles. The van der Waals surface area contributed by atoms with Gasteiger partial charge in [0.25, 0.3) is 0 Å². The number of carbonyl (C=O) groups excluding carboxylic acids is 2. The van der Waals surface area contributed by atoms with Crippen LogP contribution < -0.4 is 16.8 Å². The highest BCUT2D eigenvalue weighted by Crippen LogP contribution is 2.24. The van der Waals surface area contributed by atoms with E-state index in [1.165, 1.54) is 0 Å². The fourth-order valence-corrected chi connectivity index (χ4v) is 2.74. The number of nitrogens with two attached hydrogens (primary N) is 2. The van der Waals surface area contributed by atoms with Crippen LogP contribution in [0.25, 0.3) is 0 Å². The molecule has 0 saturated heterocycles. The van der Waals surface area contributed by atoms with Gasteiger partial charge < -0.3 is 16.8 Å². The second-order valence-corrected chi connectivity index (χ2v) is 5.85. The normalized spacial score (nSPS) is 22.3. The zero-order chi connectivity index (χ0) is 15.4. The number of primary amides is 1. The lowest BCUT2D eigenvalue weighted by Gasteiger charge is -2.28.